The average Bonchev–Trinajstić information content (AvgIpc) is 3.14. The molecule has 0 bridgehead atoms. The highest BCUT2D eigenvalue weighted by Crippen LogP contribution is 2.13. The molecule has 0 saturated carbocycles. The molecule has 0 fully saturated rings. The highest BCUT2D eigenvalue weighted by Gasteiger charge is 2.19. The number of rotatable bonds is 39. The molecule has 0 unspecified atom stereocenters. The standard InChI is InChI=1S/C46H82O6/c1-4-7-10-13-16-19-21-22-23-25-27-30-33-36-39-45(48)51-42-43(41-50-44(47)38-35-32-29-26-18-15-12-9-6-3)52-46(49)40-37-34-31-28-24-20-17-14-11-8-5-2/h13-14,16-17,21-22,43H,4-12,15,18-20,23-42H2,1-3H3/b16-13-,17-14-,22-21-/t43-/m1/s1. The van der Waals surface area contributed by atoms with Crippen molar-refractivity contribution < 1.29 is 28.6 Å². The van der Waals surface area contributed by atoms with Crippen molar-refractivity contribution in [3.63, 3.8) is 0 Å². The van der Waals surface area contributed by atoms with E-state index < -0.39 is 6.10 Å². The molecule has 0 rings (SSSR count). The summed E-state index contributed by atoms with van der Waals surface area (Å²) in [4.78, 5) is 37.6. The Morgan fingerprint density at radius 2 is 0.712 bits per heavy atom. The molecule has 1 atom stereocenters. The van der Waals surface area contributed by atoms with Gasteiger partial charge < -0.3 is 14.2 Å². The molecule has 0 amide bonds. The summed E-state index contributed by atoms with van der Waals surface area (Å²) in [7, 11) is 0. The summed E-state index contributed by atoms with van der Waals surface area (Å²) in [5.74, 6) is -0.907. The van der Waals surface area contributed by atoms with Crippen LogP contribution in [0, 0.1) is 0 Å². The summed E-state index contributed by atoms with van der Waals surface area (Å²) in [6, 6.07) is 0. The number of hydrogen-bond acceptors (Lipinski definition) is 6. The van der Waals surface area contributed by atoms with Gasteiger partial charge >= 0.3 is 17.9 Å². The predicted octanol–water partition coefficient (Wildman–Crippen LogP) is 13.8. The van der Waals surface area contributed by atoms with E-state index in [1.54, 1.807) is 0 Å². The van der Waals surface area contributed by atoms with Gasteiger partial charge in [0.05, 0.1) is 0 Å². The quantitative estimate of drug-likeness (QED) is 0.0271. The van der Waals surface area contributed by atoms with Gasteiger partial charge in [0.1, 0.15) is 13.2 Å². The van der Waals surface area contributed by atoms with Crippen molar-refractivity contribution in [1.29, 1.82) is 0 Å². The molecule has 0 aliphatic heterocycles. The van der Waals surface area contributed by atoms with Crippen molar-refractivity contribution in [3.05, 3.63) is 36.5 Å². The maximum Gasteiger partial charge on any atom is 0.306 e. The summed E-state index contributed by atoms with van der Waals surface area (Å²) in [6.07, 6.45) is 45.5. The van der Waals surface area contributed by atoms with Crippen molar-refractivity contribution >= 4 is 17.9 Å². The molecule has 52 heavy (non-hydrogen) atoms. The van der Waals surface area contributed by atoms with Gasteiger partial charge in [0.25, 0.3) is 0 Å². The lowest BCUT2D eigenvalue weighted by molar-refractivity contribution is -0.167. The van der Waals surface area contributed by atoms with E-state index in [-0.39, 0.29) is 31.1 Å². The average molecular weight is 731 g/mol. The van der Waals surface area contributed by atoms with Gasteiger partial charge in [0.2, 0.25) is 0 Å². The fraction of sp³-hybridized carbons (Fsp3) is 0.804. The van der Waals surface area contributed by atoms with E-state index in [4.69, 9.17) is 14.2 Å². The summed E-state index contributed by atoms with van der Waals surface area (Å²) in [5.41, 5.74) is 0. The third kappa shape index (κ3) is 38.9. The van der Waals surface area contributed by atoms with Gasteiger partial charge in [-0.25, -0.2) is 0 Å². The van der Waals surface area contributed by atoms with Gasteiger partial charge in [-0.1, -0.05) is 173 Å². The molecule has 6 heteroatoms. The molecule has 0 aromatic heterocycles. The molecular weight excluding hydrogens is 648 g/mol. The Balaban J connectivity index is 4.38. The molecule has 0 heterocycles. The Hall–Kier alpha value is -2.37. The third-order valence-corrected chi connectivity index (χ3v) is 9.37. The molecule has 6 nitrogen and oxygen atoms in total. The Kier molecular flexibility index (Phi) is 39.5. The van der Waals surface area contributed by atoms with E-state index in [1.807, 2.05) is 0 Å². The second kappa shape index (κ2) is 41.4. The second-order valence-corrected chi connectivity index (χ2v) is 14.6. The first-order valence-corrected chi connectivity index (χ1v) is 22.0. The van der Waals surface area contributed by atoms with Crippen LogP contribution < -0.4 is 0 Å². The molecule has 0 spiro atoms. The SMILES string of the molecule is CCCC/C=C\C/C=C\CCCCCCCC(=O)OC[C@@H](COC(=O)CCCCCCCCCCC)OC(=O)CCCCCCC/C=C\CCCC. The second-order valence-electron chi connectivity index (χ2n) is 14.6. The Morgan fingerprint density at radius 1 is 0.385 bits per heavy atom. The number of allylic oxidation sites excluding steroid dienone is 6. The minimum atomic E-state index is -0.775. The molecule has 0 aromatic rings. The van der Waals surface area contributed by atoms with Crippen molar-refractivity contribution in [2.75, 3.05) is 13.2 Å². The van der Waals surface area contributed by atoms with E-state index in [0.717, 1.165) is 89.9 Å². The molecule has 0 aliphatic carbocycles. The lowest BCUT2D eigenvalue weighted by Gasteiger charge is -2.18. The molecule has 0 aromatic carbocycles. The fourth-order valence-electron chi connectivity index (χ4n) is 5.97. The maximum absolute atomic E-state index is 12.7. The van der Waals surface area contributed by atoms with Crippen LogP contribution in [0.4, 0.5) is 0 Å². The van der Waals surface area contributed by atoms with Gasteiger partial charge in [-0.3, -0.25) is 14.4 Å². The zero-order valence-electron chi connectivity index (χ0n) is 34.3. The third-order valence-electron chi connectivity index (χ3n) is 9.37. The lowest BCUT2D eigenvalue weighted by atomic mass is 10.1. The van der Waals surface area contributed by atoms with Gasteiger partial charge in [0, 0.05) is 19.3 Å². The minimum Gasteiger partial charge on any atom is -0.462 e. The van der Waals surface area contributed by atoms with Crippen LogP contribution in [-0.4, -0.2) is 37.2 Å². The van der Waals surface area contributed by atoms with Crippen LogP contribution in [0.25, 0.3) is 0 Å². The number of carbonyl (C=O) groups excluding carboxylic acids is 3. The van der Waals surface area contributed by atoms with E-state index in [0.29, 0.717) is 19.3 Å². The van der Waals surface area contributed by atoms with Gasteiger partial charge in [-0.2, -0.15) is 0 Å². The van der Waals surface area contributed by atoms with Crippen molar-refractivity contribution in [1.82, 2.24) is 0 Å². The minimum absolute atomic E-state index is 0.0787. The van der Waals surface area contributed by atoms with Crippen molar-refractivity contribution in [2.24, 2.45) is 0 Å². The summed E-state index contributed by atoms with van der Waals surface area (Å²) in [6.45, 7) is 6.51. The van der Waals surface area contributed by atoms with Crippen LogP contribution >= 0.6 is 0 Å². The van der Waals surface area contributed by atoms with Crippen LogP contribution in [0.15, 0.2) is 36.5 Å². The topological polar surface area (TPSA) is 78.9 Å². The van der Waals surface area contributed by atoms with Gasteiger partial charge in [-0.15, -0.1) is 0 Å². The van der Waals surface area contributed by atoms with E-state index in [1.165, 1.54) is 89.9 Å². The van der Waals surface area contributed by atoms with Gasteiger partial charge in [-0.05, 0) is 64.2 Å². The molecule has 0 saturated heterocycles. The first-order chi connectivity index (χ1) is 25.5. The number of ether oxygens (including phenoxy) is 3. The fourth-order valence-corrected chi connectivity index (χ4v) is 5.97. The predicted molar refractivity (Wildman–Crippen MR) is 219 cm³/mol. The van der Waals surface area contributed by atoms with Crippen LogP contribution in [0.1, 0.15) is 220 Å². The number of unbranched alkanes of at least 4 members (excludes halogenated alkanes) is 22. The van der Waals surface area contributed by atoms with Crippen LogP contribution in [-0.2, 0) is 28.6 Å². The number of esters is 3. The Bertz CT molecular complexity index is 891. The summed E-state index contributed by atoms with van der Waals surface area (Å²) in [5, 5.41) is 0. The largest absolute Gasteiger partial charge is 0.462 e. The molecule has 0 N–H and O–H groups in total. The number of carbonyl (C=O) groups is 3. The normalized spacial score (nSPS) is 12.3. The first-order valence-electron chi connectivity index (χ1n) is 22.0. The first kappa shape index (κ1) is 49.6. The molecule has 302 valence electrons. The van der Waals surface area contributed by atoms with Crippen molar-refractivity contribution in [3.8, 4) is 0 Å². The van der Waals surface area contributed by atoms with Crippen LogP contribution in [0.3, 0.4) is 0 Å². The number of hydrogen-bond donors (Lipinski definition) is 0. The molecular formula is C46H82O6. The maximum atomic E-state index is 12.7. The van der Waals surface area contributed by atoms with E-state index >= 15 is 0 Å². The van der Waals surface area contributed by atoms with E-state index in [9.17, 15) is 14.4 Å². The van der Waals surface area contributed by atoms with Crippen molar-refractivity contribution in [2.45, 2.75) is 226 Å². The molecule has 0 aliphatic rings. The van der Waals surface area contributed by atoms with Crippen LogP contribution in [0.5, 0.6) is 0 Å². The summed E-state index contributed by atoms with van der Waals surface area (Å²) < 4.78 is 16.6. The summed E-state index contributed by atoms with van der Waals surface area (Å²) >= 11 is 0. The van der Waals surface area contributed by atoms with Gasteiger partial charge in [0.15, 0.2) is 6.10 Å². The zero-order valence-corrected chi connectivity index (χ0v) is 34.3. The smallest absolute Gasteiger partial charge is 0.306 e. The Morgan fingerprint density at radius 3 is 1.13 bits per heavy atom. The highest BCUT2D eigenvalue weighted by molar-refractivity contribution is 5.71. The Labute approximate surface area is 321 Å². The highest BCUT2D eigenvalue weighted by atomic mass is 16.6. The lowest BCUT2D eigenvalue weighted by Crippen LogP contribution is -2.30. The van der Waals surface area contributed by atoms with E-state index in [2.05, 4.69) is 57.2 Å². The molecule has 0 radical (unpaired) electrons. The zero-order chi connectivity index (χ0) is 38.0. The monoisotopic (exact) mass is 731 g/mol. The van der Waals surface area contributed by atoms with Crippen LogP contribution in [0.2, 0.25) is 0 Å².